The zero-order valence-corrected chi connectivity index (χ0v) is 26.0. The van der Waals surface area contributed by atoms with Crippen molar-refractivity contribution in [3.8, 4) is 0 Å². The number of likely N-dealkylation sites (tertiary alicyclic amines) is 2. The molecule has 4 N–H and O–H groups in total. The van der Waals surface area contributed by atoms with Gasteiger partial charge in [0, 0.05) is 44.4 Å². The van der Waals surface area contributed by atoms with E-state index in [1.165, 1.54) is 0 Å². The Morgan fingerprint density at radius 1 is 1.28 bits per heavy atom. The Hall–Kier alpha value is -4.25. The molecule has 0 aliphatic carbocycles. The predicted molar refractivity (Wildman–Crippen MR) is 170 cm³/mol. The number of aromatic nitrogens is 4. The van der Waals surface area contributed by atoms with Gasteiger partial charge in [-0.1, -0.05) is 13.0 Å². The second-order valence-electron chi connectivity index (χ2n) is 12.2. The number of nitrogens with zero attached hydrogens (tertiary/aromatic N) is 7. The number of benzene rings is 1. The van der Waals surface area contributed by atoms with Crippen LogP contribution in [0.4, 0.5) is 17.2 Å². The summed E-state index contributed by atoms with van der Waals surface area (Å²) in [5, 5.41) is 18.0. The average molecular weight is 586 g/mol. The van der Waals surface area contributed by atoms with Crippen molar-refractivity contribution in [2.24, 2.45) is 17.8 Å². The van der Waals surface area contributed by atoms with Gasteiger partial charge in [0.2, 0.25) is 0 Å². The molecule has 43 heavy (non-hydrogen) atoms. The second-order valence-corrected chi connectivity index (χ2v) is 12.2. The highest BCUT2D eigenvalue weighted by Crippen LogP contribution is 2.32. The van der Waals surface area contributed by atoms with Crippen LogP contribution in [0.15, 0.2) is 47.9 Å². The Morgan fingerprint density at radius 3 is 2.70 bits per heavy atom. The Morgan fingerprint density at radius 2 is 2.05 bits per heavy atom. The highest BCUT2D eigenvalue weighted by atomic mass is 16.3. The second kappa shape index (κ2) is 12.2. The first-order valence-corrected chi connectivity index (χ1v) is 15.0. The fourth-order valence-electron chi connectivity index (χ4n) is 5.83. The third-order valence-corrected chi connectivity index (χ3v) is 8.27. The quantitative estimate of drug-likeness (QED) is 0.260. The number of anilines is 2. The topological polar surface area (TPSA) is 138 Å². The van der Waals surface area contributed by atoms with Crippen molar-refractivity contribution in [2.75, 3.05) is 25.0 Å². The Bertz CT molecular complexity index is 1550. The van der Waals surface area contributed by atoms with Crippen LogP contribution < -0.4 is 11.1 Å². The van der Waals surface area contributed by atoms with Crippen molar-refractivity contribution in [3.05, 3.63) is 65.4 Å². The molecule has 0 spiro atoms. The number of carbonyl (C=O) groups excluding carboxylic acids is 1. The van der Waals surface area contributed by atoms with E-state index in [4.69, 9.17) is 15.7 Å². The molecule has 1 aromatic carbocycles. The van der Waals surface area contributed by atoms with E-state index in [0.717, 1.165) is 60.8 Å². The van der Waals surface area contributed by atoms with Crippen molar-refractivity contribution >= 4 is 34.6 Å². The maximum atomic E-state index is 13.3. The predicted octanol–water partition coefficient (Wildman–Crippen LogP) is 4.50. The van der Waals surface area contributed by atoms with Gasteiger partial charge in [-0.2, -0.15) is 5.10 Å². The SMILES string of the molecule is CCC=C(N)c1nc(C2CN(C(C)=Nc3ccc(C(=O)N4CCC[C@@H]4C(C)(C)O)cc3C)C2)cnc1Nc1cnn(C)c1. The van der Waals surface area contributed by atoms with Crippen LogP contribution in [0.5, 0.6) is 0 Å². The fourth-order valence-corrected chi connectivity index (χ4v) is 5.83. The van der Waals surface area contributed by atoms with Crippen LogP contribution in [-0.2, 0) is 7.05 Å². The molecule has 0 saturated carbocycles. The van der Waals surface area contributed by atoms with E-state index < -0.39 is 5.60 Å². The number of hydrogen-bond donors (Lipinski definition) is 3. The third-order valence-electron chi connectivity index (χ3n) is 8.27. The highest BCUT2D eigenvalue weighted by molar-refractivity contribution is 5.95. The lowest BCUT2D eigenvalue weighted by atomic mass is 9.96. The summed E-state index contributed by atoms with van der Waals surface area (Å²) in [7, 11) is 1.86. The number of amidine groups is 1. The summed E-state index contributed by atoms with van der Waals surface area (Å²) >= 11 is 0. The molecule has 2 aliphatic heterocycles. The van der Waals surface area contributed by atoms with E-state index >= 15 is 0 Å². The summed E-state index contributed by atoms with van der Waals surface area (Å²) in [6.07, 6.45) is 9.89. The number of rotatable bonds is 8. The number of hydrogen-bond acceptors (Lipinski definition) is 8. The number of aryl methyl sites for hydroxylation is 2. The molecule has 1 atom stereocenters. The standard InChI is InChI=1S/C32H43N9O2/c1-7-9-25(33)29-30(37-24-15-35-39(6)19-24)34-16-27(38-29)23-17-40(18-23)21(3)36-26-12-11-22(14-20(26)2)31(42)41-13-8-10-28(41)32(4,5)43/h9,11-12,14-16,19,23,28,43H,7-8,10,13,17-18,33H2,1-6H3,(H,34,37)/t28-/m1/s1. The molecule has 11 heteroatoms. The summed E-state index contributed by atoms with van der Waals surface area (Å²) in [5.41, 5.74) is 10.8. The molecular formula is C32H43N9O2. The molecule has 0 bridgehead atoms. The van der Waals surface area contributed by atoms with Crippen LogP contribution in [-0.4, -0.2) is 77.7 Å². The van der Waals surface area contributed by atoms with Crippen LogP contribution in [0, 0.1) is 6.92 Å². The number of aliphatic imine (C=N–C) groups is 1. The Kier molecular flexibility index (Phi) is 8.55. The molecule has 0 unspecified atom stereocenters. The summed E-state index contributed by atoms with van der Waals surface area (Å²) in [4.78, 5) is 31.8. The lowest BCUT2D eigenvalue weighted by Gasteiger charge is -2.40. The number of aliphatic hydroxyl groups is 1. The number of allylic oxidation sites excluding steroid dienone is 1. The van der Waals surface area contributed by atoms with Gasteiger partial charge in [-0.25, -0.2) is 15.0 Å². The van der Waals surface area contributed by atoms with Gasteiger partial charge in [-0.3, -0.25) is 9.48 Å². The number of nitrogens with one attached hydrogen (secondary N) is 1. The van der Waals surface area contributed by atoms with Crippen LogP contribution in [0.25, 0.3) is 5.70 Å². The van der Waals surface area contributed by atoms with Gasteiger partial charge in [0.25, 0.3) is 5.91 Å². The van der Waals surface area contributed by atoms with E-state index in [1.807, 2.05) is 69.4 Å². The molecular weight excluding hydrogens is 542 g/mol. The van der Waals surface area contributed by atoms with Crippen molar-refractivity contribution in [1.82, 2.24) is 29.5 Å². The van der Waals surface area contributed by atoms with Gasteiger partial charge in [-0.05, 0) is 70.7 Å². The summed E-state index contributed by atoms with van der Waals surface area (Å²) in [6.45, 7) is 11.8. The molecule has 2 fully saturated rings. The highest BCUT2D eigenvalue weighted by Gasteiger charge is 2.39. The summed E-state index contributed by atoms with van der Waals surface area (Å²) in [6, 6.07) is 5.48. The monoisotopic (exact) mass is 585 g/mol. The minimum Gasteiger partial charge on any atom is -0.397 e. The van der Waals surface area contributed by atoms with Crippen LogP contribution >= 0.6 is 0 Å². The number of carbonyl (C=O) groups is 1. The first kappa shape index (κ1) is 30.2. The Labute approximate surface area is 253 Å². The lowest BCUT2D eigenvalue weighted by molar-refractivity contribution is 0.000335. The molecule has 228 valence electrons. The molecule has 0 radical (unpaired) electrons. The molecule has 1 amide bonds. The van der Waals surface area contributed by atoms with E-state index in [2.05, 4.69) is 20.3 Å². The van der Waals surface area contributed by atoms with Crippen LogP contribution in [0.3, 0.4) is 0 Å². The number of amides is 1. The molecule has 2 saturated heterocycles. The summed E-state index contributed by atoms with van der Waals surface area (Å²) in [5.74, 6) is 1.68. The van der Waals surface area contributed by atoms with Crippen LogP contribution in [0.2, 0.25) is 0 Å². The van der Waals surface area contributed by atoms with Crippen molar-refractivity contribution < 1.29 is 9.90 Å². The van der Waals surface area contributed by atoms with Gasteiger partial charge in [0.15, 0.2) is 5.82 Å². The summed E-state index contributed by atoms with van der Waals surface area (Å²) < 4.78 is 1.72. The Balaban J connectivity index is 1.26. The first-order chi connectivity index (χ1) is 20.4. The minimum atomic E-state index is -0.928. The van der Waals surface area contributed by atoms with Crippen molar-refractivity contribution in [1.29, 1.82) is 0 Å². The van der Waals surface area contributed by atoms with Gasteiger partial charge >= 0.3 is 0 Å². The molecule has 2 aliphatic rings. The molecule has 11 nitrogen and oxygen atoms in total. The maximum absolute atomic E-state index is 13.3. The van der Waals surface area contributed by atoms with Crippen LogP contribution in [0.1, 0.15) is 80.2 Å². The number of nitrogens with two attached hydrogens (primary N) is 1. The van der Waals surface area contributed by atoms with Gasteiger partial charge in [-0.15, -0.1) is 0 Å². The van der Waals surface area contributed by atoms with Crippen molar-refractivity contribution in [2.45, 2.75) is 71.4 Å². The molecule has 3 aromatic rings. The minimum absolute atomic E-state index is 0.0397. The van der Waals surface area contributed by atoms with E-state index in [1.54, 1.807) is 24.7 Å². The van der Waals surface area contributed by atoms with E-state index in [0.29, 0.717) is 29.3 Å². The molecule has 4 heterocycles. The fraction of sp³-hybridized carbons (Fsp3) is 0.469. The zero-order valence-electron chi connectivity index (χ0n) is 26.0. The third kappa shape index (κ3) is 6.56. The normalized spacial score (nSPS) is 18.3. The van der Waals surface area contributed by atoms with Gasteiger partial charge in [0.05, 0.1) is 46.8 Å². The first-order valence-electron chi connectivity index (χ1n) is 15.0. The van der Waals surface area contributed by atoms with Gasteiger partial charge in [0.1, 0.15) is 11.5 Å². The molecule has 5 rings (SSSR count). The van der Waals surface area contributed by atoms with E-state index in [-0.39, 0.29) is 17.9 Å². The van der Waals surface area contributed by atoms with E-state index in [9.17, 15) is 9.90 Å². The largest absolute Gasteiger partial charge is 0.397 e. The van der Waals surface area contributed by atoms with Crippen molar-refractivity contribution in [3.63, 3.8) is 0 Å². The average Bonchev–Trinajstić information content (AvgIpc) is 3.59. The maximum Gasteiger partial charge on any atom is 0.254 e. The smallest absolute Gasteiger partial charge is 0.254 e. The molecule has 2 aromatic heterocycles. The van der Waals surface area contributed by atoms with Gasteiger partial charge < -0.3 is 26.0 Å². The lowest BCUT2D eigenvalue weighted by Crippen LogP contribution is -2.48. The zero-order chi connectivity index (χ0) is 30.9.